The highest BCUT2D eigenvalue weighted by Crippen LogP contribution is 2.04. The SMILES string of the molecule is Cc1cc2ncc(CNN(C)C)cn2n1. The number of nitrogens with one attached hydrogen (secondary N) is 1. The molecule has 0 saturated heterocycles. The molecule has 2 rings (SSSR count). The Labute approximate surface area is 88.7 Å². The lowest BCUT2D eigenvalue weighted by Crippen LogP contribution is -2.29. The monoisotopic (exact) mass is 205 g/mol. The maximum atomic E-state index is 4.32. The van der Waals surface area contributed by atoms with Gasteiger partial charge in [-0.3, -0.25) is 10.4 Å². The van der Waals surface area contributed by atoms with E-state index < -0.39 is 0 Å². The predicted octanol–water partition coefficient (Wildman–Crippen LogP) is 0.604. The third-order valence-electron chi connectivity index (χ3n) is 2.09. The normalized spacial score (nSPS) is 11.5. The highest BCUT2D eigenvalue weighted by molar-refractivity contribution is 5.38. The van der Waals surface area contributed by atoms with Gasteiger partial charge in [0.2, 0.25) is 0 Å². The number of rotatable bonds is 3. The van der Waals surface area contributed by atoms with Crippen molar-refractivity contribution in [3.05, 3.63) is 29.7 Å². The van der Waals surface area contributed by atoms with Crippen molar-refractivity contribution in [1.29, 1.82) is 0 Å². The first-order valence-electron chi connectivity index (χ1n) is 4.87. The summed E-state index contributed by atoms with van der Waals surface area (Å²) in [6, 6.07) is 1.96. The van der Waals surface area contributed by atoms with E-state index in [1.165, 1.54) is 0 Å². The van der Waals surface area contributed by atoms with Crippen LogP contribution in [0.5, 0.6) is 0 Å². The number of nitrogens with zero attached hydrogens (tertiary/aromatic N) is 4. The van der Waals surface area contributed by atoms with E-state index in [0.29, 0.717) is 0 Å². The van der Waals surface area contributed by atoms with Crippen molar-refractivity contribution in [3.8, 4) is 0 Å². The standard InChI is InChI=1S/C10H15N5/c1-8-4-10-11-5-9(6-12-14(2)3)7-15(10)13-8/h4-5,7,12H,6H2,1-3H3. The third-order valence-corrected chi connectivity index (χ3v) is 2.09. The molecule has 0 aromatic carbocycles. The van der Waals surface area contributed by atoms with E-state index >= 15 is 0 Å². The molecule has 0 aliphatic heterocycles. The highest BCUT2D eigenvalue weighted by atomic mass is 15.5. The van der Waals surface area contributed by atoms with Crippen LogP contribution in [0.3, 0.4) is 0 Å². The molecule has 2 heterocycles. The molecule has 5 nitrogen and oxygen atoms in total. The number of hydrogen-bond acceptors (Lipinski definition) is 4. The van der Waals surface area contributed by atoms with Gasteiger partial charge in [-0.25, -0.2) is 9.50 Å². The maximum Gasteiger partial charge on any atom is 0.155 e. The summed E-state index contributed by atoms with van der Waals surface area (Å²) < 4.78 is 1.81. The zero-order valence-electron chi connectivity index (χ0n) is 9.23. The number of hydrazine groups is 1. The maximum absolute atomic E-state index is 4.32. The minimum absolute atomic E-state index is 0.759. The molecular weight excluding hydrogens is 190 g/mol. The summed E-state index contributed by atoms with van der Waals surface area (Å²) in [5.41, 5.74) is 6.17. The molecule has 2 aromatic heterocycles. The number of aryl methyl sites for hydroxylation is 1. The lowest BCUT2D eigenvalue weighted by atomic mass is 10.3. The molecule has 0 atom stereocenters. The molecule has 1 N–H and O–H groups in total. The topological polar surface area (TPSA) is 45.5 Å². The Morgan fingerprint density at radius 1 is 1.47 bits per heavy atom. The third kappa shape index (κ3) is 2.31. The van der Waals surface area contributed by atoms with E-state index in [4.69, 9.17) is 0 Å². The average molecular weight is 205 g/mol. The van der Waals surface area contributed by atoms with Gasteiger partial charge in [0.05, 0.1) is 5.69 Å². The average Bonchev–Trinajstić information content (AvgIpc) is 2.53. The summed E-state index contributed by atoms with van der Waals surface area (Å²) in [7, 11) is 3.92. The Kier molecular flexibility index (Phi) is 2.66. The Balaban J connectivity index is 2.22. The van der Waals surface area contributed by atoms with Crippen molar-refractivity contribution in [1.82, 2.24) is 25.0 Å². The molecule has 15 heavy (non-hydrogen) atoms. The van der Waals surface area contributed by atoms with Crippen LogP contribution in [-0.4, -0.2) is 33.7 Å². The number of hydrogen-bond donors (Lipinski definition) is 1. The Morgan fingerprint density at radius 3 is 3.00 bits per heavy atom. The van der Waals surface area contributed by atoms with Crippen molar-refractivity contribution in [2.75, 3.05) is 14.1 Å². The molecule has 0 aliphatic rings. The number of aromatic nitrogens is 3. The van der Waals surface area contributed by atoms with E-state index in [9.17, 15) is 0 Å². The van der Waals surface area contributed by atoms with Gasteiger partial charge in [0.15, 0.2) is 5.65 Å². The van der Waals surface area contributed by atoms with Crippen LogP contribution in [0.2, 0.25) is 0 Å². The molecule has 0 bridgehead atoms. The second-order valence-electron chi connectivity index (χ2n) is 3.78. The summed E-state index contributed by atoms with van der Waals surface area (Å²) >= 11 is 0. The first kappa shape index (κ1) is 10.1. The molecule has 80 valence electrons. The largest absolute Gasteiger partial charge is 0.251 e. The van der Waals surface area contributed by atoms with Crippen LogP contribution in [0.4, 0.5) is 0 Å². The molecule has 0 saturated carbocycles. The zero-order valence-corrected chi connectivity index (χ0v) is 9.23. The summed E-state index contributed by atoms with van der Waals surface area (Å²) in [5, 5.41) is 6.23. The molecule has 0 fully saturated rings. The lowest BCUT2D eigenvalue weighted by molar-refractivity contribution is 0.285. The van der Waals surface area contributed by atoms with E-state index in [1.54, 1.807) is 0 Å². The molecule has 2 aromatic rings. The van der Waals surface area contributed by atoms with Gasteiger partial charge >= 0.3 is 0 Å². The number of fused-ring (bicyclic) bond motifs is 1. The predicted molar refractivity (Wildman–Crippen MR) is 58.3 cm³/mol. The molecule has 0 unspecified atom stereocenters. The Bertz CT molecular complexity index is 460. The minimum Gasteiger partial charge on any atom is -0.251 e. The minimum atomic E-state index is 0.759. The molecule has 0 radical (unpaired) electrons. The second-order valence-corrected chi connectivity index (χ2v) is 3.78. The highest BCUT2D eigenvalue weighted by Gasteiger charge is 2.00. The van der Waals surface area contributed by atoms with Crippen LogP contribution in [0.1, 0.15) is 11.3 Å². The smallest absolute Gasteiger partial charge is 0.155 e. The van der Waals surface area contributed by atoms with Gasteiger partial charge in [-0.05, 0) is 6.92 Å². The van der Waals surface area contributed by atoms with Crippen LogP contribution < -0.4 is 5.43 Å². The first-order valence-corrected chi connectivity index (χ1v) is 4.87. The van der Waals surface area contributed by atoms with Crippen molar-refractivity contribution < 1.29 is 0 Å². The van der Waals surface area contributed by atoms with E-state index in [1.807, 2.05) is 49.0 Å². The fourth-order valence-electron chi connectivity index (χ4n) is 1.37. The molecule has 0 aliphatic carbocycles. The van der Waals surface area contributed by atoms with Crippen molar-refractivity contribution in [2.45, 2.75) is 13.5 Å². The van der Waals surface area contributed by atoms with Gasteiger partial charge < -0.3 is 0 Å². The van der Waals surface area contributed by atoms with Gasteiger partial charge in [0.1, 0.15) is 0 Å². The Morgan fingerprint density at radius 2 is 2.27 bits per heavy atom. The van der Waals surface area contributed by atoms with Crippen LogP contribution in [-0.2, 0) is 6.54 Å². The zero-order chi connectivity index (χ0) is 10.8. The van der Waals surface area contributed by atoms with E-state index in [2.05, 4.69) is 15.5 Å². The van der Waals surface area contributed by atoms with Crippen molar-refractivity contribution in [3.63, 3.8) is 0 Å². The van der Waals surface area contributed by atoms with Crippen molar-refractivity contribution in [2.24, 2.45) is 0 Å². The van der Waals surface area contributed by atoms with Crippen LogP contribution in [0, 0.1) is 6.92 Å². The molecular formula is C10H15N5. The van der Waals surface area contributed by atoms with Crippen LogP contribution in [0.25, 0.3) is 5.65 Å². The van der Waals surface area contributed by atoms with Gasteiger partial charge in [0.25, 0.3) is 0 Å². The fraction of sp³-hybridized carbons (Fsp3) is 0.400. The summed E-state index contributed by atoms with van der Waals surface area (Å²) in [6.07, 6.45) is 3.86. The fourth-order valence-corrected chi connectivity index (χ4v) is 1.37. The van der Waals surface area contributed by atoms with E-state index in [-0.39, 0.29) is 0 Å². The van der Waals surface area contributed by atoms with Crippen LogP contribution in [0.15, 0.2) is 18.5 Å². The quantitative estimate of drug-likeness (QED) is 0.745. The molecule has 5 heteroatoms. The molecule has 0 spiro atoms. The Hall–Kier alpha value is -1.46. The van der Waals surface area contributed by atoms with Gasteiger partial charge in [-0.15, -0.1) is 0 Å². The second kappa shape index (κ2) is 3.96. The molecule has 0 amide bonds. The van der Waals surface area contributed by atoms with Crippen molar-refractivity contribution >= 4 is 5.65 Å². The van der Waals surface area contributed by atoms with Gasteiger partial charge in [-0.2, -0.15) is 5.10 Å². The van der Waals surface area contributed by atoms with Crippen LogP contribution >= 0.6 is 0 Å². The van der Waals surface area contributed by atoms with Gasteiger partial charge in [0, 0.05) is 44.7 Å². The van der Waals surface area contributed by atoms with Gasteiger partial charge in [-0.1, -0.05) is 0 Å². The summed E-state index contributed by atoms with van der Waals surface area (Å²) in [6.45, 7) is 2.72. The lowest BCUT2D eigenvalue weighted by Gasteiger charge is -2.11. The summed E-state index contributed by atoms with van der Waals surface area (Å²) in [5.74, 6) is 0. The summed E-state index contributed by atoms with van der Waals surface area (Å²) in [4.78, 5) is 4.32. The van der Waals surface area contributed by atoms with E-state index in [0.717, 1.165) is 23.4 Å². The first-order chi connectivity index (χ1) is 7.15.